The average Bonchev–Trinajstić information content (AvgIpc) is 2.91. The van der Waals surface area contributed by atoms with Crippen molar-refractivity contribution in [2.75, 3.05) is 18.9 Å². The van der Waals surface area contributed by atoms with Crippen LogP contribution in [0.5, 0.6) is 0 Å². The Labute approximate surface area is 142 Å². The summed E-state index contributed by atoms with van der Waals surface area (Å²) in [7, 11) is -2.91. The zero-order chi connectivity index (χ0) is 17.9. The Morgan fingerprint density at radius 2 is 2.00 bits per heavy atom. The van der Waals surface area contributed by atoms with Crippen molar-refractivity contribution in [3.05, 3.63) is 40.9 Å². The van der Waals surface area contributed by atoms with E-state index in [1.54, 1.807) is 6.20 Å². The van der Waals surface area contributed by atoms with Crippen molar-refractivity contribution in [1.82, 2.24) is 9.29 Å². The first-order valence-corrected chi connectivity index (χ1v) is 8.98. The molecule has 2 rings (SSSR count). The number of anilines is 1. The van der Waals surface area contributed by atoms with Crippen LogP contribution >= 0.6 is 11.3 Å². The van der Waals surface area contributed by atoms with Gasteiger partial charge in [0.05, 0.1) is 17.0 Å². The lowest BCUT2D eigenvalue weighted by molar-refractivity contribution is -0.116. The third-order valence-electron chi connectivity index (χ3n) is 3.04. The highest BCUT2D eigenvalue weighted by Gasteiger charge is 2.27. The molecule has 0 spiro atoms. The molecule has 10 heteroatoms. The molecule has 0 radical (unpaired) electrons. The number of aryl methyl sites for hydroxylation is 1. The minimum atomic E-state index is -4.12. The molecule has 0 saturated heterocycles. The maximum atomic E-state index is 12.5. The van der Waals surface area contributed by atoms with E-state index in [1.807, 2.05) is 6.92 Å². The second-order valence-corrected chi connectivity index (χ2v) is 8.13. The van der Waals surface area contributed by atoms with Crippen LogP contribution < -0.4 is 5.32 Å². The second kappa shape index (κ2) is 7.07. The smallest absolute Gasteiger partial charge is 0.337 e. The topological polar surface area (TPSA) is 117 Å². The highest BCUT2D eigenvalue weighted by molar-refractivity contribution is 7.89. The molecule has 0 bridgehead atoms. The van der Waals surface area contributed by atoms with Gasteiger partial charge in [-0.1, -0.05) is 12.1 Å². The molecule has 1 aromatic heterocycles. The largest absolute Gasteiger partial charge is 0.478 e. The van der Waals surface area contributed by atoms with Crippen molar-refractivity contribution in [1.29, 1.82) is 0 Å². The normalized spacial score (nSPS) is 11.5. The van der Waals surface area contributed by atoms with Gasteiger partial charge in [-0.3, -0.25) is 4.79 Å². The van der Waals surface area contributed by atoms with Crippen molar-refractivity contribution in [2.45, 2.75) is 11.8 Å². The van der Waals surface area contributed by atoms with Crippen LogP contribution in [0.3, 0.4) is 0 Å². The van der Waals surface area contributed by atoms with Crippen LogP contribution in [0.1, 0.15) is 15.2 Å². The predicted molar refractivity (Wildman–Crippen MR) is 88.7 cm³/mol. The molecule has 0 saturated carbocycles. The Morgan fingerprint density at radius 3 is 2.58 bits per heavy atom. The molecule has 2 aromatic rings. The van der Waals surface area contributed by atoms with E-state index in [9.17, 15) is 18.0 Å². The van der Waals surface area contributed by atoms with Crippen LogP contribution in [0.2, 0.25) is 0 Å². The molecule has 0 unspecified atom stereocenters. The zero-order valence-electron chi connectivity index (χ0n) is 12.9. The summed E-state index contributed by atoms with van der Waals surface area (Å²) >= 11 is 1.26. The molecular formula is C14H15N3O5S2. The second-order valence-electron chi connectivity index (χ2n) is 4.89. The van der Waals surface area contributed by atoms with Crippen molar-refractivity contribution in [3.63, 3.8) is 0 Å². The first-order chi connectivity index (χ1) is 11.2. The number of likely N-dealkylation sites (N-methyl/N-ethyl adjacent to an activating group) is 1. The van der Waals surface area contributed by atoms with Gasteiger partial charge in [-0.25, -0.2) is 18.2 Å². The first-order valence-electron chi connectivity index (χ1n) is 6.72. The van der Waals surface area contributed by atoms with Gasteiger partial charge in [-0.2, -0.15) is 4.31 Å². The average molecular weight is 369 g/mol. The number of amides is 1. The molecule has 128 valence electrons. The fourth-order valence-electron chi connectivity index (χ4n) is 1.89. The summed E-state index contributed by atoms with van der Waals surface area (Å²) < 4.78 is 25.8. The Kier molecular flexibility index (Phi) is 5.32. The standard InChI is InChI=1S/C14H15N3O5S2/c1-9-7-15-14(23-9)16-12(18)8-17(2)24(21,22)11-6-4-3-5-10(11)13(19)20/h3-7H,8H2,1-2H3,(H,19,20)(H,15,16,18). The van der Waals surface area contributed by atoms with Gasteiger partial charge in [0, 0.05) is 18.1 Å². The van der Waals surface area contributed by atoms with Crippen molar-refractivity contribution >= 4 is 38.4 Å². The van der Waals surface area contributed by atoms with Gasteiger partial charge in [0.25, 0.3) is 0 Å². The molecule has 1 amide bonds. The number of carboxylic acid groups (broad SMARTS) is 1. The SMILES string of the molecule is Cc1cnc(NC(=O)CN(C)S(=O)(=O)c2ccccc2C(=O)O)s1. The van der Waals surface area contributed by atoms with E-state index in [-0.39, 0.29) is 10.5 Å². The number of benzene rings is 1. The summed E-state index contributed by atoms with van der Waals surface area (Å²) in [5.74, 6) is -1.92. The van der Waals surface area contributed by atoms with Crippen LogP contribution in [-0.2, 0) is 14.8 Å². The molecule has 8 nitrogen and oxygen atoms in total. The van der Waals surface area contributed by atoms with Gasteiger partial charge >= 0.3 is 5.97 Å². The summed E-state index contributed by atoms with van der Waals surface area (Å²) in [6, 6.07) is 5.24. The minimum Gasteiger partial charge on any atom is -0.478 e. The highest BCUT2D eigenvalue weighted by Crippen LogP contribution is 2.20. The number of thiazole rings is 1. The van der Waals surface area contributed by atoms with Gasteiger partial charge in [-0.15, -0.1) is 11.3 Å². The number of rotatable bonds is 6. The fraction of sp³-hybridized carbons (Fsp3) is 0.214. The van der Waals surface area contributed by atoms with E-state index >= 15 is 0 Å². The molecule has 24 heavy (non-hydrogen) atoms. The number of hydrogen-bond acceptors (Lipinski definition) is 6. The third-order valence-corrected chi connectivity index (χ3v) is 5.73. The van der Waals surface area contributed by atoms with E-state index in [2.05, 4.69) is 10.3 Å². The molecule has 0 fully saturated rings. The van der Waals surface area contributed by atoms with Crippen LogP contribution in [0.25, 0.3) is 0 Å². The fourth-order valence-corrected chi connectivity index (χ4v) is 3.88. The summed E-state index contributed by atoms with van der Waals surface area (Å²) in [6.45, 7) is 1.36. The number of carbonyl (C=O) groups excluding carboxylic acids is 1. The molecule has 1 heterocycles. The molecule has 0 aliphatic carbocycles. The molecular weight excluding hydrogens is 354 g/mol. The van der Waals surface area contributed by atoms with E-state index < -0.39 is 28.4 Å². The first kappa shape index (κ1) is 18.0. The third kappa shape index (κ3) is 3.96. The number of aromatic carboxylic acids is 1. The Balaban J connectivity index is 2.17. The Morgan fingerprint density at radius 1 is 1.33 bits per heavy atom. The van der Waals surface area contributed by atoms with E-state index in [0.29, 0.717) is 5.13 Å². The van der Waals surface area contributed by atoms with Crippen LogP contribution in [0, 0.1) is 6.92 Å². The van der Waals surface area contributed by atoms with E-state index in [1.165, 1.54) is 42.6 Å². The van der Waals surface area contributed by atoms with Crippen molar-refractivity contribution in [2.24, 2.45) is 0 Å². The number of nitrogens with one attached hydrogen (secondary N) is 1. The summed E-state index contributed by atoms with van der Waals surface area (Å²) in [5.41, 5.74) is -0.347. The number of aromatic nitrogens is 1. The summed E-state index contributed by atoms with van der Waals surface area (Å²) in [6.07, 6.45) is 1.59. The molecule has 0 atom stereocenters. The molecule has 2 N–H and O–H groups in total. The number of nitrogens with zero attached hydrogens (tertiary/aromatic N) is 2. The predicted octanol–water partition coefficient (Wildman–Crippen LogP) is 1.41. The van der Waals surface area contributed by atoms with E-state index in [4.69, 9.17) is 5.11 Å². The van der Waals surface area contributed by atoms with Gasteiger partial charge in [0.15, 0.2) is 5.13 Å². The summed E-state index contributed by atoms with van der Waals surface area (Å²) in [5, 5.41) is 12.0. The summed E-state index contributed by atoms with van der Waals surface area (Å²) in [4.78, 5) is 27.7. The Hall–Kier alpha value is -2.30. The molecule has 0 aliphatic heterocycles. The number of hydrogen-bond donors (Lipinski definition) is 2. The maximum absolute atomic E-state index is 12.5. The monoisotopic (exact) mass is 369 g/mol. The molecule has 0 aliphatic rings. The quantitative estimate of drug-likeness (QED) is 0.795. The lowest BCUT2D eigenvalue weighted by atomic mass is 10.2. The van der Waals surface area contributed by atoms with Crippen LogP contribution in [-0.4, -0.2) is 48.3 Å². The van der Waals surface area contributed by atoms with Gasteiger partial charge in [0.1, 0.15) is 0 Å². The number of carboxylic acids is 1. The number of sulfonamides is 1. The van der Waals surface area contributed by atoms with Gasteiger partial charge in [-0.05, 0) is 19.1 Å². The van der Waals surface area contributed by atoms with Crippen LogP contribution in [0.4, 0.5) is 5.13 Å². The lowest BCUT2D eigenvalue weighted by Gasteiger charge is -2.17. The lowest BCUT2D eigenvalue weighted by Crippen LogP contribution is -2.35. The zero-order valence-corrected chi connectivity index (χ0v) is 14.5. The highest BCUT2D eigenvalue weighted by atomic mass is 32.2. The van der Waals surface area contributed by atoms with Crippen molar-refractivity contribution < 1.29 is 23.1 Å². The van der Waals surface area contributed by atoms with Crippen molar-refractivity contribution in [3.8, 4) is 0 Å². The maximum Gasteiger partial charge on any atom is 0.337 e. The van der Waals surface area contributed by atoms with Crippen LogP contribution in [0.15, 0.2) is 35.4 Å². The minimum absolute atomic E-state index is 0.347. The Bertz CT molecular complexity index is 876. The van der Waals surface area contributed by atoms with E-state index in [0.717, 1.165) is 9.18 Å². The molecule has 1 aromatic carbocycles. The van der Waals surface area contributed by atoms with Gasteiger partial charge in [0.2, 0.25) is 15.9 Å². The number of carbonyl (C=O) groups is 2. The van der Waals surface area contributed by atoms with Gasteiger partial charge < -0.3 is 10.4 Å².